The van der Waals surface area contributed by atoms with Gasteiger partial charge in [-0.3, -0.25) is 4.79 Å². The molecule has 0 aromatic carbocycles. The summed E-state index contributed by atoms with van der Waals surface area (Å²) in [5.74, 6) is 0.273. The maximum atomic E-state index is 11.8. The maximum Gasteiger partial charge on any atom is 0.222 e. The third-order valence-corrected chi connectivity index (χ3v) is 3.32. The number of aliphatic hydroxyl groups excluding tert-OH is 1. The average Bonchev–Trinajstić information content (AvgIpc) is 2.38. The summed E-state index contributed by atoms with van der Waals surface area (Å²) in [5.41, 5.74) is 0. The van der Waals surface area contributed by atoms with E-state index in [4.69, 9.17) is 5.11 Å². The number of unbranched alkanes of at least 4 members (excludes halogenated alkanes) is 7. The lowest BCUT2D eigenvalue weighted by molar-refractivity contribution is -0.130. The first-order valence-corrected chi connectivity index (χ1v) is 7.57. The van der Waals surface area contributed by atoms with Gasteiger partial charge in [-0.2, -0.15) is 0 Å². The molecule has 3 heteroatoms. The third kappa shape index (κ3) is 10.6. The molecule has 0 bridgehead atoms. The highest BCUT2D eigenvalue weighted by Gasteiger charge is 2.07. The highest BCUT2D eigenvalue weighted by atomic mass is 16.2. The van der Waals surface area contributed by atoms with E-state index in [-0.39, 0.29) is 12.5 Å². The molecule has 0 heterocycles. The van der Waals surface area contributed by atoms with Crippen molar-refractivity contribution >= 4 is 5.91 Å². The monoisotopic (exact) mass is 257 g/mol. The molecule has 0 aromatic rings. The molecule has 0 fully saturated rings. The molecule has 0 spiro atoms. The van der Waals surface area contributed by atoms with Gasteiger partial charge in [-0.25, -0.2) is 0 Å². The summed E-state index contributed by atoms with van der Waals surface area (Å²) in [6.07, 6.45) is 10.9. The van der Waals surface area contributed by atoms with E-state index >= 15 is 0 Å². The normalized spacial score (nSPS) is 10.6. The van der Waals surface area contributed by atoms with Crippen molar-refractivity contribution in [1.29, 1.82) is 0 Å². The smallest absolute Gasteiger partial charge is 0.222 e. The standard InChI is InChI=1S/C15H31NO2/c1-3-4-5-6-7-9-12-15(18)16(2)13-10-8-11-14-17/h17H,3-14H2,1-2H3. The number of nitrogens with zero attached hydrogens (tertiary/aromatic N) is 1. The van der Waals surface area contributed by atoms with Gasteiger partial charge >= 0.3 is 0 Å². The largest absolute Gasteiger partial charge is 0.396 e. The fraction of sp³-hybridized carbons (Fsp3) is 0.933. The van der Waals surface area contributed by atoms with Crippen LogP contribution in [0.3, 0.4) is 0 Å². The minimum Gasteiger partial charge on any atom is -0.396 e. The summed E-state index contributed by atoms with van der Waals surface area (Å²) in [5, 5.41) is 8.66. The van der Waals surface area contributed by atoms with Gasteiger partial charge in [0.25, 0.3) is 0 Å². The van der Waals surface area contributed by atoms with Crippen LogP contribution in [0.25, 0.3) is 0 Å². The summed E-state index contributed by atoms with van der Waals surface area (Å²) in [6, 6.07) is 0. The van der Waals surface area contributed by atoms with Gasteiger partial charge in [0.2, 0.25) is 5.91 Å². The average molecular weight is 257 g/mol. The number of hydrogen-bond donors (Lipinski definition) is 1. The number of aliphatic hydroxyl groups is 1. The Morgan fingerprint density at radius 3 is 2.22 bits per heavy atom. The molecule has 0 unspecified atom stereocenters. The minimum absolute atomic E-state index is 0.259. The fourth-order valence-corrected chi connectivity index (χ4v) is 2.01. The molecule has 3 nitrogen and oxygen atoms in total. The van der Waals surface area contributed by atoms with Gasteiger partial charge in [0.05, 0.1) is 0 Å². The molecule has 0 radical (unpaired) electrons. The summed E-state index contributed by atoms with van der Waals surface area (Å²) in [7, 11) is 1.89. The van der Waals surface area contributed by atoms with Crippen LogP contribution < -0.4 is 0 Å². The molecule has 1 amide bonds. The van der Waals surface area contributed by atoms with E-state index in [0.717, 1.165) is 32.2 Å². The molecular formula is C15H31NO2. The highest BCUT2D eigenvalue weighted by molar-refractivity contribution is 5.75. The van der Waals surface area contributed by atoms with Crippen LogP contribution in [-0.2, 0) is 4.79 Å². The molecule has 0 saturated carbocycles. The van der Waals surface area contributed by atoms with Crippen LogP contribution in [0.15, 0.2) is 0 Å². The number of amides is 1. The zero-order valence-corrected chi connectivity index (χ0v) is 12.3. The first kappa shape index (κ1) is 17.4. The lowest BCUT2D eigenvalue weighted by Crippen LogP contribution is -2.27. The van der Waals surface area contributed by atoms with Gasteiger partial charge in [0.15, 0.2) is 0 Å². The van der Waals surface area contributed by atoms with E-state index < -0.39 is 0 Å². The van der Waals surface area contributed by atoms with Crippen molar-refractivity contribution in [2.45, 2.75) is 71.1 Å². The van der Waals surface area contributed by atoms with Gasteiger partial charge in [0, 0.05) is 26.6 Å². The molecular weight excluding hydrogens is 226 g/mol. The fourth-order valence-electron chi connectivity index (χ4n) is 2.01. The molecule has 0 aliphatic rings. The first-order valence-electron chi connectivity index (χ1n) is 7.57. The Kier molecular flexibility index (Phi) is 12.5. The van der Waals surface area contributed by atoms with Gasteiger partial charge in [0.1, 0.15) is 0 Å². The van der Waals surface area contributed by atoms with Crippen molar-refractivity contribution in [3.8, 4) is 0 Å². The molecule has 1 N–H and O–H groups in total. The van der Waals surface area contributed by atoms with E-state index in [1.54, 1.807) is 0 Å². The molecule has 0 saturated heterocycles. The molecule has 0 rings (SSSR count). The Labute approximate surface area is 113 Å². The lowest BCUT2D eigenvalue weighted by Gasteiger charge is -2.16. The Balaban J connectivity index is 3.38. The molecule has 0 aromatic heterocycles. The quantitative estimate of drug-likeness (QED) is 0.545. The van der Waals surface area contributed by atoms with Crippen molar-refractivity contribution < 1.29 is 9.90 Å². The van der Waals surface area contributed by atoms with E-state index in [1.807, 2.05) is 11.9 Å². The van der Waals surface area contributed by atoms with Crippen LogP contribution >= 0.6 is 0 Å². The number of carbonyl (C=O) groups is 1. The molecule has 0 atom stereocenters. The van der Waals surface area contributed by atoms with Crippen LogP contribution in [0.5, 0.6) is 0 Å². The van der Waals surface area contributed by atoms with Crippen LogP contribution in [0, 0.1) is 0 Å². The second kappa shape index (κ2) is 12.9. The van der Waals surface area contributed by atoms with Gasteiger partial charge in [-0.1, -0.05) is 39.0 Å². The number of carbonyl (C=O) groups excluding carboxylic acids is 1. The van der Waals surface area contributed by atoms with Gasteiger partial charge in [-0.15, -0.1) is 0 Å². The number of rotatable bonds is 12. The molecule has 0 aliphatic carbocycles. The molecule has 108 valence electrons. The van der Waals surface area contributed by atoms with E-state index in [9.17, 15) is 4.79 Å². The molecule has 0 aliphatic heterocycles. The van der Waals surface area contributed by atoms with Gasteiger partial charge in [-0.05, 0) is 25.7 Å². The van der Waals surface area contributed by atoms with Crippen LogP contribution in [-0.4, -0.2) is 36.1 Å². The summed E-state index contributed by atoms with van der Waals surface area (Å²) >= 11 is 0. The Hall–Kier alpha value is -0.570. The predicted octanol–water partition coefficient (Wildman–Crippen LogP) is 3.36. The third-order valence-electron chi connectivity index (χ3n) is 3.32. The van der Waals surface area contributed by atoms with Crippen molar-refractivity contribution in [3.63, 3.8) is 0 Å². The highest BCUT2D eigenvalue weighted by Crippen LogP contribution is 2.08. The predicted molar refractivity (Wildman–Crippen MR) is 76.6 cm³/mol. The van der Waals surface area contributed by atoms with Crippen molar-refractivity contribution in [2.24, 2.45) is 0 Å². The second-order valence-electron chi connectivity index (χ2n) is 5.12. The van der Waals surface area contributed by atoms with Crippen LogP contribution in [0.4, 0.5) is 0 Å². The van der Waals surface area contributed by atoms with Crippen molar-refractivity contribution in [1.82, 2.24) is 4.90 Å². The zero-order valence-electron chi connectivity index (χ0n) is 12.3. The van der Waals surface area contributed by atoms with Crippen molar-refractivity contribution in [2.75, 3.05) is 20.2 Å². The van der Waals surface area contributed by atoms with Crippen LogP contribution in [0.1, 0.15) is 71.1 Å². The zero-order chi connectivity index (χ0) is 13.6. The minimum atomic E-state index is 0.259. The number of hydrogen-bond acceptors (Lipinski definition) is 2. The first-order chi connectivity index (χ1) is 8.72. The summed E-state index contributed by atoms with van der Waals surface area (Å²) in [6.45, 7) is 3.30. The van der Waals surface area contributed by atoms with E-state index in [1.165, 1.54) is 32.1 Å². The Morgan fingerprint density at radius 1 is 0.944 bits per heavy atom. The van der Waals surface area contributed by atoms with Crippen molar-refractivity contribution in [3.05, 3.63) is 0 Å². The van der Waals surface area contributed by atoms with E-state index in [2.05, 4.69) is 6.92 Å². The SMILES string of the molecule is CCCCCCCCC(=O)N(C)CCCCCO. The Morgan fingerprint density at radius 2 is 1.56 bits per heavy atom. The Bertz CT molecular complexity index is 195. The topological polar surface area (TPSA) is 40.5 Å². The second-order valence-corrected chi connectivity index (χ2v) is 5.12. The molecule has 18 heavy (non-hydrogen) atoms. The summed E-state index contributed by atoms with van der Waals surface area (Å²) < 4.78 is 0. The van der Waals surface area contributed by atoms with Gasteiger partial charge < -0.3 is 10.0 Å². The maximum absolute atomic E-state index is 11.8. The lowest BCUT2D eigenvalue weighted by atomic mass is 10.1. The van der Waals surface area contributed by atoms with E-state index in [0.29, 0.717) is 6.42 Å². The van der Waals surface area contributed by atoms with Crippen LogP contribution in [0.2, 0.25) is 0 Å². The summed E-state index contributed by atoms with van der Waals surface area (Å²) in [4.78, 5) is 13.6.